The number of amides is 4. The number of imide groups is 1. The van der Waals surface area contributed by atoms with Crippen molar-refractivity contribution in [2.24, 2.45) is 11.8 Å². The Kier molecular flexibility index (Phi) is 3.81. The lowest BCUT2D eigenvalue weighted by Gasteiger charge is -2.26. The van der Waals surface area contributed by atoms with E-state index in [0.717, 1.165) is 25.7 Å². The van der Waals surface area contributed by atoms with Crippen LogP contribution in [0.15, 0.2) is 33.5 Å². The van der Waals surface area contributed by atoms with E-state index in [1.54, 1.807) is 18.2 Å². The Morgan fingerprint density at radius 3 is 2.48 bits per heavy atom. The molecule has 0 unspecified atom stereocenters. The lowest BCUT2D eigenvalue weighted by atomic mass is 9.87. The van der Waals surface area contributed by atoms with Gasteiger partial charge in [0.25, 0.3) is 5.91 Å². The van der Waals surface area contributed by atoms with Crippen LogP contribution in [0.5, 0.6) is 0 Å². The van der Waals surface area contributed by atoms with E-state index < -0.39 is 17.2 Å². The molecule has 8 heteroatoms. The lowest BCUT2D eigenvalue weighted by Crippen LogP contribution is -2.51. The van der Waals surface area contributed by atoms with E-state index in [4.69, 9.17) is 4.42 Å². The monoisotopic (exact) mass is 395 g/mol. The molecule has 2 aromatic rings. The Morgan fingerprint density at radius 2 is 1.86 bits per heavy atom. The molecule has 0 atom stereocenters. The Hall–Kier alpha value is -3.16. The molecule has 1 saturated heterocycles. The van der Waals surface area contributed by atoms with Crippen LogP contribution in [0.3, 0.4) is 0 Å². The second-order valence-electron chi connectivity index (χ2n) is 8.22. The quantitative estimate of drug-likeness (QED) is 0.597. The van der Waals surface area contributed by atoms with Gasteiger partial charge in [-0.25, -0.2) is 9.59 Å². The standard InChI is InChI=1S/C21H21N3O5/c1-11(25)22-15-6-7-16-12(8-18(26)29-17(16)9-15)10-24-19(27)21(13-2-3-13,14-4-5-14)23-20(24)28/h6-9,13-14H,2-5,10H2,1H3,(H,22,25)(H,23,28). The summed E-state index contributed by atoms with van der Waals surface area (Å²) in [6.07, 6.45) is 3.83. The van der Waals surface area contributed by atoms with Crippen molar-refractivity contribution in [3.8, 4) is 0 Å². The lowest BCUT2D eigenvalue weighted by molar-refractivity contribution is -0.133. The van der Waals surface area contributed by atoms with Gasteiger partial charge in [0.2, 0.25) is 5.91 Å². The van der Waals surface area contributed by atoms with Gasteiger partial charge in [0.15, 0.2) is 0 Å². The van der Waals surface area contributed by atoms with Crippen molar-refractivity contribution >= 4 is 34.5 Å². The largest absolute Gasteiger partial charge is 0.423 e. The minimum absolute atomic E-state index is 0.00738. The van der Waals surface area contributed by atoms with Crippen molar-refractivity contribution in [2.45, 2.75) is 44.7 Å². The van der Waals surface area contributed by atoms with Crippen molar-refractivity contribution in [1.82, 2.24) is 10.2 Å². The highest BCUT2D eigenvalue weighted by Gasteiger charge is 2.65. The molecule has 4 amide bonds. The van der Waals surface area contributed by atoms with Crippen molar-refractivity contribution in [3.05, 3.63) is 40.2 Å². The molecular weight excluding hydrogens is 374 g/mol. The number of hydrogen-bond donors (Lipinski definition) is 2. The van der Waals surface area contributed by atoms with Gasteiger partial charge in [0.1, 0.15) is 11.1 Å². The summed E-state index contributed by atoms with van der Waals surface area (Å²) in [5, 5.41) is 6.26. The molecule has 3 fully saturated rings. The van der Waals surface area contributed by atoms with Gasteiger partial charge in [0.05, 0.1) is 6.54 Å². The topological polar surface area (TPSA) is 109 Å². The number of urea groups is 1. The summed E-state index contributed by atoms with van der Waals surface area (Å²) in [7, 11) is 0. The van der Waals surface area contributed by atoms with Crippen molar-refractivity contribution in [3.63, 3.8) is 0 Å². The highest BCUT2D eigenvalue weighted by Crippen LogP contribution is 2.54. The van der Waals surface area contributed by atoms with Crippen LogP contribution in [-0.2, 0) is 16.1 Å². The third-order valence-corrected chi connectivity index (χ3v) is 6.08. The molecule has 2 N–H and O–H groups in total. The number of nitrogens with zero attached hydrogens (tertiary/aromatic N) is 1. The van der Waals surface area contributed by atoms with Gasteiger partial charge in [-0.15, -0.1) is 0 Å². The number of nitrogens with one attached hydrogen (secondary N) is 2. The summed E-state index contributed by atoms with van der Waals surface area (Å²) in [5.41, 5.74) is 0.000177. The van der Waals surface area contributed by atoms with Crippen molar-refractivity contribution in [2.75, 3.05) is 5.32 Å². The fraction of sp³-hybridized carbons (Fsp3) is 0.429. The highest BCUT2D eigenvalue weighted by atomic mass is 16.4. The molecular formula is C21H21N3O5. The molecule has 1 aliphatic heterocycles. The van der Waals surface area contributed by atoms with E-state index in [2.05, 4.69) is 10.6 Å². The molecule has 0 spiro atoms. The van der Waals surface area contributed by atoms with E-state index in [1.165, 1.54) is 17.9 Å². The molecule has 1 aromatic heterocycles. The Morgan fingerprint density at radius 1 is 1.17 bits per heavy atom. The maximum absolute atomic E-state index is 13.3. The number of hydrogen-bond acceptors (Lipinski definition) is 5. The van der Waals surface area contributed by atoms with E-state index in [-0.39, 0.29) is 30.2 Å². The number of fused-ring (bicyclic) bond motifs is 1. The third kappa shape index (κ3) is 2.90. The van der Waals surface area contributed by atoms with Crippen LogP contribution in [0.25, 0.3) is 11.0 Å². The number of anilines is 1. The van der Waals surface area contributed by atoms with Crippen LogP contribution in [0, 0.1) is 11.8 Å². The summed E-state index contributed by atoms with van der Waals surface area (Å²) in [6.45, 7) is 1.40. The normalized spacial score (nSPS) is 20.8. The number of carbonyl (C=O) groups excluding carboxylic acids is 3. The summed E-state index contributed by atoms with van der Waals surface area (Å²) < 4.78 is 5.27. The molecule has 1 aromatic carbocycles. The molecule has 0 bridgehead atoms. The molecule has 2 aliphatic carbocycles. The summed E-state index contributed by atoms with van der Waals surface area (Å²) >= 11 is 0. The zero-order valence-electron chi connectivity index (χ0n) is 16.0. The van der Waals surface area contributed by atoms with Crippen LogP contribution in [0.4, 0.5) is 10.5 Å². The number of benzene rings is 1. The summed E-state index contributed by atoms with van der Waals surface area (Å²) in [5.74, 6) is 0.0194. The fourth-order valence-corrected chi connectivity index (χ4v) is 4.53. The van der Waals surface area contributed by atoms with E-state index >= 15 is 0 Å². The van der Waals surface area contributed by atoms with Crippen LogP contribution < -0.4 is 16.3 Å². The number of carbonyl (C=O) groups is 3. The van der Waals surface area contributed by atoms with Crippen molar-refractivity contribution < 1.29 is 18.8 Å². The fourth-order valence-electron chi connectivity index (χ4n) is 4.53. The maximum Gasteiger partial charge on any atom is 0.336 e. The predicted molar refractivity (Wildman–Crippen MR) is 104 cm³/mol. The van der Waals surface area contributed by atoms with Gasteiger partial charge in [0, 0.05) is 30.1 Å². The van der Waals surface area contributed by atoms with E-state index in [1.807, 2.05) is 0 Å². The highest BCUT2D eigenvalue weighted by molar-refractivity contribution is 6.08. The zero-order chi connectivity index (χ0) is 20.3. The third-order valence-electron chi connectivity index (χ3n) is 6.08. The number of rotatable bonds is 5. The molecule has 8 nitrogen and oxygen atoms in total. The Labute approximate surface area is 166 Å². The molecule has 0 radical (unpaired) electrons. The molecule has 2 heterocycles. The smallest absolute Gasteiger partial charge is 0.336 e. The van der Waals surface area contributed by atoms with Gasteiger partial charge in [-0.3, -0.25) is 14.5 Å². The zero-order valence-corrected chi connectivity index (χ0v) is 16.0. The van der Waals surface area contributed by atoms with E-state index in [9.17, 15) is 19.2 Å². The van der Waals surface area contributed by atoms with Crippen molar-refractivity contribution in [1.29, 1.82) is 0 Å². The second kappa shape index (κ2) is 6.17. The van der Waals surface area contributed by atoms with Crippen LogP contribution in [0.1, 0.15) is 38.2 Å². The average molecular weight is 395 g/mol. The van der Waals surface area contributed by atoms with Gasteiger partial charge in [-0.2, -0.15) is 0 Å². The summed E-state index contributed by atoms with van der Waals surface area (Å²) in [4.78, 5) is 50.6. The predicted octanol–water partition coefficient (Wildman–Crippen LogP) is 2.36. The Bertz CT molecular complexity index is 1100. The molecule has 29 heavy (non-hydrogen) atoms. The summed E-state index contributed by atoms with van der Waals surface area (Å²) in [6, 6.07) is 5.89. The van der Waals surface area contributed by atoms with Crippen LogP contribution in [0.2, 0.25) is 0 Å². The van der Waals surface area contributed by atoms with Gasteiger partial charge < -0.3 is 15.1 Å². The maximum atomic E-state index is 13.3. The van der Waals surface area contributed by atoms with Gasteiger partial charge in [-0.05, 0) is 55.2 Å². The first-order valence-corrected chi connectivity index (χ1v) is 9.87. The molecule has 2 saturated carbocycles. The second-order valence-corrected chi connectivity index (χ2v) is 8.22. The minimum atomic E-state index is -0.759. The van der Waals surface area contributed by atoms with Gasteiger partial charge >= 0.3 is 11.7 Å². The SMILES string of the molecule is CC(=O)Nc1ccc2c(CN3C(=O)NC(C4CC4)(C4CC4)C3=O)cc(=O)oc2c1. The minimum Gasteiger partial charge on any atom is -0.423 e. The van der Waals surface area contributed by atoms with Gasteiger partial charge in [-0.1, -0.05) is 0 Å². The first kappa shape index (κ1) is 17.9. The van der Waals surface area contributed by atoms with E-state index in [0.29, 0.717) is 22.2 Å². The Balaban J connectivity index is 1.50. The first-order chi connectivity index (χ1) is 13.9. The van der Waals surface area contributed by atoms with Crippen LogP contribution in [-0.4, -0.2) is 28.3 Å². The van der Waals surface area contributed by atoms with Crippen LogP contribution >= 0.6 is 0 Å². The molecule has 5 rings (SSSR count). The molecule has 3 aliphatic rings. The first-order valence-electron chi connectivity index (χ1n) is 9.87. The molecule has 150 valence electrons. The average Bonchev–Trinajstić information content (AvgIpc) is 3.55.